The Morgan fingerprint density at radius 2 is 1.85 bits per heavy atom. The first kappa shape index (κ1) is 14.6. The molecular formula is C14H20IN2O2S+. The number of halogens is 1. The van der Waals surface area contributed by atoms with Crippen molar-refractivity contribution in [1.29, 1.82) is 0 Å². The molecule has 0 bridgehead atoms. The predicted octanol–water partition coefficient (Wildman–Crippen LogP) is 2.29. The maximum absolute atomic E-state index is 12.1. The van der Waals surface area contributed by atoms with E-state index in [0.29, 0.717) is 6.54 Å². The second-order valence-corrected chi connectivity index (χ2v) is 10.5. The second kappa shape index (κ2) is 4.58. The van der Waals surface area contributed by atoms with Crippen LogP contribution in [0.15, 0.2) is 24.3 Å². The number of para-hydroxylation sites is 1. The standard InChI is InChI=1S/C14H20IN2O2S/c1-17(15)9-7-14(8-10-17)11-16(20(2,18)19)13-6-4-3-5-12(13)14/h3-6H,7-11H2,1-2H3/q+1. The van der Waals surface area contributed by atoms with Crippen molar-refractivity contribution in [3.8, 4) is 0 Å². The van der Waals surface area contributed by atoms with E-state index in [1.807, 2.05) is 18.2 Å². The molecule has 2 heterocycles. The van der Waals surface area contributed by atoms with Gasteiger partial charge < -0.3 is 0 Å². The van der Waals surface area contributed by atoms with Crippen molar-refractivity contribution < 1.29 is 11.1 Å². The van der Waals surface area contributed by atoms with Crippen molar-refractivity contribution in [3.63, 3.8) is 0 Å². The summed E-state index contributed by atoms with van der Waals surface area (Å²) in [4.78, 5) is 0. The number of fused-ring (bicyclic) bond motifs is 2. The van der Waals surface area contributed by atoms with Crippen LogP contribution in [0.3, 0.4) is 0 Å². The van der Waals surface area contributed by atoms with E-state index in [9.17, 15) is 8.42 Å². The Hall–Kier alpha value is -0.340. The van der Waals surface area contributed by atoms with Crippen molar-refractivity contribution in [2.24, 2.45) is 0 Å². The van der Waals surface area contributed by atoms with Gasteiger partial charge in [-0.25, -0.2) is 8.42 Å². The zero-order chi connectivity index (χ0) is 14.6. The second-order valence-electron chi connectivity index (χ2n) is 6.28. The van der Waals surface area contributed by atoms with Crippen molar-refractivity contribution in [3.05, 3.63) is 29.8 Å². The maximum Gasteiger partial charge on any atom is 0.248 e. The molecule has 2 aliphatic rings. The zero-order valence-corrected chi connectivity index (χ0v) is 14.8. The molecule has 0 aliphatic carbocycles. The summed E-state index contributed by atoms with van der Waals surface area (Å²) in [7, 11) is -0.955. The summed E-state index contributed by atoms with van der Waals surface area (Å²) in [5.41, 5.74) is 2.13. The Bertz CT molecular complexity index is 632. The van der Waals surface area contributed by atoms with Crippen molar-refractivity contribution in [2.75, 3.05) is 37.2 Å². The summed E-state index contributed by atoms with van der Waals surface area (Å²) in [6.45, 7) is 2.79. The quantitative estimate of drug-likeness (QED) is 0.529. The molecule has 0 aromatic heterocycles. The van der Waals surface area contributed by atoms with Crippen LogP contribution in [0, 0.1) is 0 Å². The number of rotatable bonds is 1. The topological polar surface area (TPSA) is 37.4 Å². The molecule has 2 aliphatic heterocycles. The van der Waals surface area contributed by atoms with Gasteiger partial charge in [0.2, 0.25) is 32.9 Å². The molecule has 1 aromatic carbocycles. The molecule has 0 N–H and O–H groups in total. The number of benzene rings is 1. The van der Waals surface area contributed by atoms with E-state index in [0.717, 1.165) is 34.3 Å². The number of nitrogens with zero attached hydrogens (tertiary/aromatic N) is 2. The maximum atomic E-state index is 12.1. The minimum atomic E-state index is -3.19. The summed E-state index contributed by atoms with van der Waals surface area (Å²) in [5, 5.41) is 0. The fourth-order valence-corrected chi connectivity index (χ4v) is 4.92. The molecule has 4 nitrogen and oxygen atoms in total. The monoisotopic (exact) mass is 407 g/mol. The van der Waals surface area contributed by atoms with Crippen molar-refractivity contribution in [1.82, 2.24) is 0 Å². The minimum absolute atomic E-state index is 0.0165. The summed E-state index contributed by atoms with van der Waals surface area (Å²) < 4.78 is 26.7. The van der Waals surface area contributed by atoms with Crippen LogP contribution in [0.25, 0.3) is 0 Å². The van der Waals surface area contributed by atoms with Gasteiger partial charge in [0.15, 0.2) is 0 Å². The Morgan fingerprint density at radius 1 is 1.25 bits per heavy atom. The lowest BCUT2D eigenvalue weighted by Gasteiger charge is -2.41. The fraction of sp³-hybridized carbons (Fsp3) is 0.571. The number of hydrogen-bond acceptors (Lipinski definition) is 2. The molecule has 3 rings (SSSR count). The van der Waals surface area contributed by atoms with Crippen LogP contribution in [0.4, 0.5) is 5.69 Å². The highest BCUT2D eigenvalue weighted by atomic mass is 127. The van der Waals surface area contributed by atoms with Gasteiger partial charge >= 0.3 is 0 Å². The third kappa shape index (κ3) is 2.35. The Kier molecular flexibility index (Phi) is 3.34. The number of hydrogen-bond donors (Lipinski definition) is 0. The third-order valence-electron chi connectivity index (χ3n) is 4.70. The lowest BCUT2D eigenvalue weighted by Crippen LogP contribution is -2.49. The van der Waals surface area contributed by atoms with Gasteiger partial charge in [-0.1, -0.05) is 18.2 Å². The third-order valence-corrected chi connectivity index (χ3v) is 6.80. The predicted molar refractivity (Wildman–Crippen MR) is 89.5 cm³/mol. The number of piperidine rings is 1. The highest BCUT2D eigenvalue weighted by Crippen LogP contribution is 2.49. The first-order chi connectivity index (χ1) is 9.24. The molecule has 110 valence electrons. The molecule has 1 spiro atoms. The number of sulfonamides is 1. The molecule has 0 saturated carbocycles. The van der Waals surface area contributed by atoms with Crippen LogP contribution in [0.5, 0.6) is 0 Å². The molecule has 1 fully saturated rings. The average molecular weight is 407 g/mol. The summed E-state index contributed by atoms with van der Waals surface area (Å²) >= 11 is 2.49. The smallest absolute Gasteiger partial charge is 0.248 e. The Morgan fingerprint density at radius 3 is 2.45 bits per heavy atom. The average Bonchev–Trinajstić information content (AvgIpc) is 2.69. The van der Waals surface area contributed by atoms with E-state index in [1.54, 1.807) is 4.31 Å². The summed E-state index contributed by atoms with van der Waals surface area (Å²) in [5.74, 6) is 0. The fourth-order valence-electron chi connectivity index (χ4n) is 3.44. The lowest BCUT2D eigenvalue weighted by molar-refractivity contribution is -0.739. The highest BCUT2D eigenvalue weighted by Gasteiger charge is 2.49. The van der Waals surface area contributed by atoms with Gasteiger partial charge in [0.05, 0.1) is 32.1 Å². The van der Waals surface area contributed by atoms with Gasteiger partial charge in [0.25, 0.3) is 0 Å². The molecule has 0 radical (unpaired) electrons. The van der Waals surface area contributed by atoms with E-state index in [2.05, 4.69) is 36.0 Å². The number of anilines is 1. The minimum Gasteiger partial charge on any atom is -0.270 e. The molecule has 0 amide bonds. The van der Waals surface area contributed by atoms with E-state index < -0.39 is 10.0 Å². The Labute approximate surface area is 134 Å². The molecule has 20 heavy (non-hydrogen) atoms. The largest absolute Gasteiger partial charge is 0.270 e. The van der Waals surface area contributed by atoms with Gasteiger partial charge in [-0.3, -0.25) is 7.00 Å². The van der Waals surface area contributed by atoms with Crippen LogP contribution in [-0.4, -0.2) is 44.1 Å². The first-order valence-corrected chi connectivity index (χ1v) is 9.66. The van der Waals surface area contributed by atoms with Crippen LogP contribution >= 0.6 is 22.9 Å². The van der Waals surface area contributed by atoms with Crippen LogP contribution in [0.1, 0.15) is 18.4 Å². The first-order valence-electron chi connectivity index (χ1n) is 6.85. The van der Waals surface area contributed by atoms with Crippen LogP contribution in [-0.2, 0) is 15.4 Å². The van der Waals surface area contributed by atoms with E-state index >= 15 is 0 Å². The van der Waals surface area contributed by atoms with E-state index in [1.165, 1.54) is 11.8 Å². The van der Waals surface area contributed by atoms with Gasteiger partial charge in [-0.15, -0.1) is 0 Å². The number of quaternary nitrogens is 1. The normalized spacial score (nSPS) is 33.5. The summed E-state index contributed by atoms with van der Waals surface area (Å²) in [6.07, 6.45) is 3.41. The van der Waals surface area contributed by atoms with Crippen LogP contribution < -0.4 is 4.31 Å². The van der Waals surface area contributed by atoms with Gasteiger partial charge in [-0.2, -0.15) is 0 Å². The summed E-state index contributed by atoms with van der Waals surface area (Å²) in [6, 6.07) is 8.01. The van der Waals surface area contributed by atoms with Crippen molar-refractivity contribution in [2.45, 2.75) is 18.3 Å². The zero-order valence-electron chi connectivity index (χ0n) is 11.8. The van der Waals surface area contributed by atoms with E-state index in [4.69, 9.17) is 0 Å². The lowest BCUT2D eigenvalue weighted by atomic mass is 9.74. The molecule has 1 aromatic rings. The van der Waals surface area contributed by atoms with Gasteiger partial charge in [0, 0.05) is 24.8 Å². The van der Waals surface area contributed by atoms with Gasteiger partial charge in [0.1, 0.15) is 0 Å². The molecule has 0 atom stereocenters. The molecule has 6 heteroatoms. The van der Waals surface area contributed by atoms with Crippen molar-refractivity contribution >= 4 is 38.6 Å². The molecular weight excluding hydrogens is 387 g/mol. The molecule has 0 unspecified atom stereocenters. The SMILES string of the molecule is C[N+]1(I)CCC2(CC1)CN(S(C)(=O)=O)c1ccccc12. The van der Waals surface area contributed by atoms with Gasteiger partial charge in [-0.05, 0) is 11.6 Å². The van der Waals surface area contributed by atoms with Crippen LogP contribution in [0.2, 0.25) is 0 Å². The number of likely N-dealkylation sites (tertiary alicyclic amines) is 1. The van der Waals surface area contributed by atoms with E-state index in [-0.39, 0.29) is 5.41 Å². The molecule has 1 saturated heterocycles. The highest BCUT2D eigenvalue weighted by molar-refractivity contribution is 14.1. The Balaban J connectivity index is 2.04.